The van der Waals surface area contributed by atoms with Crippen molar-refractivity contribution in [2.45, 2.75) is 50.4 Å². The van der Waals surface area contributed by atoms with Gasteiger partial charge < -0.3 is 9.47 Å². The molecule has 0 bridgehead atoms. The van der Waals surface area contributed by atoms with Gasteiger partial charge in [0.15, 0.2) is 0 Å². The number of halogens is 1. The summed E-state index contributed by atoms with van der Waals surface area (Å²) in [5.74, 6) is 1.35. The standard InChI is InChI=1S/C15H22BrN3O/c1-12-17-6-10-18(12)7-2-3-14(20)19-8-4-15(5-9-19)11-13(15)16/h6,10,13H,2-5,7-9,11H2,1H3. The Kier molecular flexibility index (Phi) is 3.89. The Morgan fingerprint density at radius 2 is 2.20 bits per heavy atom. The lowest BCUT2D eigenvalue weighted by Crippen LogP contribution is -2.39. The molecule has 1 atom stereocenters. The van der Waals surface area contributed by atoms with Gasteiger partial charge in [-0.25, -0.2) is 4.98 Å². The summed E-state index contributed by atoms with van der Waals surface area (Å²) in [5.41, 5.74) is 0.532. The Morgan fingerprint density at radius 3 is 2.75 bits per heavy atom. The molecule has 2 fully saturated rings. The van der Waals surface area contributed by atoms with Gasteiger partial charge >= 0.3 is 0 Å². The molecule has 0 N–H and O–H groups in total. The molecule has 4 nitrogen and oxygen atoms in total. The van der Waals surface area contributed by atoms with Crippen LogP contribution >= 0.6 is 15.9 Å². The number of carbonyl (C=O) groups excluding carboxylic acids is 1. The molecule has 1 aromatic heterocycles. The molecule has 20 heavy (non-hydrogen) atoms. The monoisotopic (exact) mass is 339 g/mol. The van der Waals surface area contributed by atoms with Crippen LogP contribution in [0.5, 0.6) is 0 Å². The van der Waals surface area contributed by atoms with Crippen molar-refractivity contribution in [1.29, 1.82) is 0 Å². The fraction of sp³-hybridized carbons (Fsp3) is 0.733. The van der Waals surface area contributed by atoms with Crippen LogP contribution in [0.25, 0.3) is 0 Å². The zero-order chi connectivity index (χ0) is 14.2. The molecule has 1 saturated carbocycles. The minimum absolute atomic E-state index is 0.324. The number of hydrogen-bond acceptors (Lipinski definition) is 2. The molecule has 1 aliphatic heterocycles. The van der Waals surface area contributed by atoms with Crippen molar-refractivity contribution in [2.24, 2.45) is 5.41 Å². The zero-order valence-electron chi connectivity index (χ0n) is 12.0. The van der Waals surface area contributed by atoms with Crippen LogP contribution in [0.4, 0.5) is 0 Å². The number of amides is 1. The number of imidazole rings is 1. The van der Waals surface area contributed by atoms with Gasteiger partial charge in [-0.05, 0) is 38.0 Å². The van der Waals surface area contributed by atoms with E-state index in [1.165, 1.54) is 19.3 Å². The van der Waals surface area contributed by atoms with Crippen LogP contribution in [0, 0.1) is 12.3 Å². The van der Waals surface area contributed by atoms with Crippen molar-refractivity contribution in [3.05, 3.63) is 18.2 Å². The van der Waals surface area contributed by atoms with Gasteiger partial charge in [-0.15, -0.1) is 0 Å². The zero-order valence-corrected chi connectivity index (χ0v) is 13.6. The number of aromatic nitrogens is 2. The van der Waals surface area contributed by atoms with E-state index in [2.05, 4.69) is 30.4 Å². The number of likely N-dealkylation sites (tertiary alicyclic amines) is 1. The van der Waals surface area contributed by atoms with E-state index >= 15 is 0 Å². The molecule has 1 aliphatic carbocycles. The molecule has 0 aromatic carbocycles. The average molecular weight is 340 g/mol. The largest absolute Gasteiger partial charge is 0.343 e. The summed E-state index contributed by atoms with van der Waals surface area (Å²) < 4.78 is 2.11. The van der Waals surface area contributed by atoms with Crippen LogP contribution in [-0.2, 0) is 11.3 Å². The smallest absolute Gasteiger partial charge is 0.222 e. The summed E-state index contributed by atoms with van der Waals surface area (Å²) in [6.07, 6.45) is 9.00. The predicted octanol–water partition coefficient (Wildman–Crippen LogP) is 2.75. The van der Waals surface area contributed by atoms with Crippen LogP contribution in [0.3, 0.4) is 0 Å². The summed E-state index contributed by atoms with van der Waals surface area (Å²) in [7, 11) is 0. The summed E-state index contributed by atoms with van der Waals surface area (Å²) in [5, 5.41) is 0. The van der Waals surface area contributed by atoms with Gasteiger partial charge in [-0.2, -0.15) is 0 Å². The second-order valence-corrected chi connectivity index (χ2v) is 7.29. The Labute approximate surface area is 128 Å². The molecular weight excluding hydrogens is 318 g/mol. The van der Waals surface area contributed by atoms with Gasteiger partial charge in [0.05, 0.1) is 0 Å². The van der Waals surface area contributed by atoms with E-state index < -0.39 is 0 Å². The van der Waals surface area contributed by atoms with Gasteiger partial charge in [0.25, 0.3) is 0 Å². The van der Waals surface area contributed by atoms with E-state index in [0.717, 1.165) is 31.9 Å². The Morgan fingerprint density at radius 1 is 1.50 bits per heavy atom. The van der Waals surface area contributed by atoms with Crippen LogP contribution in [-0.4, -0.2) is 38.3 Å². The maximum atomic E-state index is 12.2. The second-order valence-electron chi connectivity index (χ2n) is 6.19. The van der Waals surface area contributed by atoms with Crippen molar-refractivity contribution in [3.63, 3.8) is 0 Å². The van der Waals surface area contributed by atoms with Crippen LogP contribution in [0.1, 0.15) is 37.9 Å². The van der Waals surface area contributed by atoms with Gasteiger partial charge in [-0.3, -0.25) is 4.79 Å². The van der Waals surface area contributed by atoms with E-state index in [9.17, 15) is 4.79 Å². The molecule has 1 unspecified atom stereocenters. The topological polar surface area (TPSA) is 38.1 Å². The molecule has 3 rings (SSSR count). The number of carbonyl (C=O) groups is 1. The lowest BCUT2D eigenvalue weighted by atomic mass is 9.93. The van der Waals surface area contributed by atoms with Crippen LogP contribution in [0.15, 0.2) is 12.4 Å². The molecule has 1 aromatic rings. The molecule has 0 radical (unpaired) electrons. The molecule has 2 heterocycles. The summed E-state index contributed by atoms with van der Waals surface area (Å²) in [4.78, 5) is 19.2. The molecule has 2 aliphatic rings. The maximum Gasteiger partial charge on any atom is 0.222 e. The van der Waals surface area contributed by atoms with Crippen molar-refractivity contribution in [3.8, 4) is 0 Å². The molecular formula is C15H22BrN3O. The third-order valence-electron chi connectivity index (χ3n) is 4.92. The number of nitrogens with zero attached hydrogens (tertiary/aromatic N) is 3. The lowest BCUT2D eigenvalue weighted by molar-refractivity contribution is -0.132. The quantitative estimate of drug-likeness (QED) is 0.791. The highest BCUT2D eigenvalue weighted by Gasteiger charge is 2.53. The van der Waals surface area contributed by atoms with Crippen LogP contribution in [0.2, 0.25) is 0 Å². The first-order valence-electron chi connectivity index (χ1n) is 7.50. The third-order valence-corrected chi connectivity index (χ3v) is 6.21. The van der Waals surface area contributed by atoms with Gasteiger partial charge in [0, 0.05) is 43.3 Å². The minimum atomic E-state index is 0.324. The summed E-state index contributed by atoms with van der Waals surface area (Å²) in [6, 6.07) is 0. The lowest BCUT2D eigenvalue weighted by Gasteiger charge is -2.32. The normalized spacial score (nSPS) is 24.1. The molecule has 5 heteroatoms. The van der Waals surface area contributed by atoms with E-state index in [0.29, 0.717) is 22.6 Å². The fourth-order valence-corrected chi connectivity index (χ4v) is 4.32. The number of piperidine rings is 1. The van der Waals surface area contributed by atoms with E-state index in [1.807, 2.05) is 19.3 Å². The number of aryl methyl sites for hydroxylation is 2. The fourth-order valence-electron chi connectivity index (χ4n) is 3.22. The highest BCUT2D eigenvalue weighted by molar-refractivity contribution is 9.09. The first-order chi connectivity index (χ1) is 9.61. The van der Waals surface area contributed by atoms with E-state index in [4.69, 9.17) is 0 Å². The highest BCUT2D eigenvalue weighted by Crippen LogP contribution is 2.58. The summed E-state index contributed by atoms with van der Waals surface area (Å²) >= 11 is 3.72. The Balaban J connectivity index is 1.40. The number of hydrogen-bond donors (Lipinski definition) is 0. The van der Waals surface area contributed by atoms with Gasteiger partial charge in [0.2, 0.25) is 5.91 Å². The van der Waals surface area contributed by atoms with Crippen molar-refractivity contribution in [2.75, 3.05) is 13.1 Å². The molecule has 110 valence electrons. The van der Waals surface area contributed by atoms with Gasteiger partial charge in [0.1, 0.15) is 5.82 Å². The third kappa shape index (κ3) is 2.78. The summed E-state index contributed by atoms with van der Waals surface area (Å²) in [6.45, 7) is 4.78. The predicted molar refractivity (Wildman–Crippen MR) is 81.8 cm³/mol. The van der Waals surface area contributed by atoms with E-state index in [1.54, 1.807) is 0 Å². The first kappa shape index (κ1) is 14.1. The number of alkyl halides is 1. The van der Waals surface area contributed by atoms with Gasteiger partial charge in [-0.1, -0.05) is 15.9 Å². The highest BCUT2D eigenvalue weighted by atomic mass is 79.9. The Bertz CT molecular complexity index is 491. The van der Waals surface area contributed by atoms with Crippen LogP contribution < -0.4 is 0 Å². The van der Waals surface area contributed by atoms with Crippen molar-refractivity contribution in [1.82, 2.24) is 14.5 Å². The van der Waals surface area contributed by atoms with Crippen molar-refractivity contribution >= 4 is 21.8 Å². The van der Waals surface area contributed by atoms with E-state index in [-0.39, 0.29) is 0 Å². The molecule has 1 saturated heterocycles. The Hall–Kier alpha value is -0.840. The first-order valence-corrected chi connectivity index (χ1v) is 8.42. The SMILES string of the molecule is Cc1nccn1CCCC(=O)N1CCC2(CC1)CC2Br. The minimum Gasteiger partial charge on any atom is -0.343 e. The second kappa shape index (κ2) is 5.51. The maximum absolute atomic E-state index is 12.2. The number of rotatable bonds is 4. The molecule has 1 amide bonds. The van der Waals surface area contributed by atoms with Crippen molar-refractivity contribution < 1.29 is 4.79 Å². The molecule has 1 spiro atoms. The average Bonchev–Trinajstić information content (AvgIpc) is 2.86.